The van der Waals surface area contributed by atoms with Crippen molar-refractivity contribution in [1.29, 1.82) is 0 Å². The molecule has 0 heterocycles. The van der Waals surface area contributed by atoms with Gasteiger partial charge in [-0.1, -0.05) is 29.3 Å². The van der Waals surface area contributed by atoms with E-state index in [4.69, 9.17) is 27.9 Å². The number of ketones is 1. The molecule has 1 fully saturated rings. The number of carbonyl (C=O) groups excluding carboxylic acids is 1. The Kier molecular flexibility index (Phi) is 4.43. The number of benzene rings is 1. The first-order valence-electron chi connectivity index (χ1n) is 5.72. The molecule has 0 N–H and O–H groups in total. The molecule has 0 bridgehead atoms. The fraction of sp³-hybridized carbons (Fsp3) is 0.462. The minimum atomic E-state index is 0.180. The predicted octanol–water partition coefficient (Wildman–Crippen LogP) is 4.02. The first-order chi connectivity index (χ1) is 8.15. The normalized spacial score (nSPS) is 17.4. The number of halogens is 2. The van der Waals surface area contributed by atoms with E-state index in [0.29, 0.717) is 35.3 Å². The lowest BCUT2D eigenvalue weighted by molar-refractivity contribution is -0.123. The van der Waals surface area contributed by atoms with Crippen molar-refractivity contribution >= 4 is 29.0 Å². The highest BCUT2D eigenvalue weighted by molar-refractivity contribution is 6.35. The van der Waals surface area contributed by atoms with E-state index in [1.54, 1.807) is 12.1 Å². The van der Waals surface area contributed by atoms with Crippen molar-refractivity contribution in [2.45, 2.75) is 38.4 Å². The topological polar surface area (TPSA) is 26.3 Å². The molecule has 1 aliphatic carbocycles. The molecular formula is C13H14Cl2O2. The van der Waals surface area contributed by atoms with Crippen LogP contribution in [0, 0.1) is 0 Å². The third kappa shape index (κ3) is 3.70. The Bertz CT molecular complexity index is 408. The van der Waals surface area contributed by atoms with Crippen molar-refractivity contribution < 1.29 is 9.53 Å². The standard InChI is InChI=1S/C13H14Cl2O2/c14-10-2-1-9(13(15)7-10)8-17-12-5-3-11(16)4-6-12/h1-2,7,12H,3-6,8H2. The molecule has 17 heavy (non-hydrogen) atoms. The number of Topliss-reactive ketones (excluding diaryl/α,β-unsaturated/α-hetero) is 1. The fourth-order valence-electron chi connectivity index (χ4n) is 1.93. The molecule has 2 nitrogen and oxygen atoms in total. The van der Waals surface area contributed by atoms with Crippen LogP contribution in [-0.4, -0.2) is 11.9 Å². The van der Waals surface area contributed by atoms with Gasteiger partial charge in [-0.05, 0) is 30.5 Å². The van der Waals surface area contributed by atoms with Crippen LogP contribution in [0.4, 0.5) is 0 Å². The summed E-state index contributed by atoms with van der Waals surface area (Å²) in [4.78, 5) is 11.1. The molecule has 0 aliphatic heterocycles. The number of hydrogen-bond donors (Lipinski definition) is 0. The summed E-state index contributed by atoms with van der Waals surface area (Å²) in [5.41, 5.74) is 0.938. The Balaban J connectivity index is 1.87. The lowest BCUT2D eigenvalue weighted by Crippen LogP contribution is -2.21. The van der Waals surface area contributed by atoms with Gasteiger partial charge in [-0.15, -0.1) is 0 Å². The minimum absolute atomic E-state index is 0.180. The van der Waals surface area contributed by atoms with Crippen LogP contribution in [0.15, 0.2) is 18.2 Å². The molecule has 1 saturated carbocycles. The first kappa shape index (κ1) is 12.9. The third-order valence-corrected chi connectivity index (χ3v) is 3.57. The molecule has 2 rings (SSSR count). The summed E-state index contributed by atoms with van der Waals surface area (Å²) in [6.07, 6.45) is 3.10. The highest BCUT2D eigenvalue weighted by atomic mass is 35.5. The Morgan fingerprint density at radius 3 is 2.59 bits per heavy atom. The van der Waals surface area contributed by atoms with E-state index in [9.17, 15) is 4.79 Å². The van der Waals surface area contributed by atoms with Gasteiger partial charge in [0.1, 0.15) is 5.78 Å². The van der Waals surface area contributed by atoms with Gasteiger partial charge in [-0.25, -0.2) is 0 Å². The van der Waals surface area contributed by atoms with Crippen molar-refractivity contribution in [2.75, 3.05) is 0 Å². The molecule has 1 aromatic carbocycles. The van der Waals surface area contributed by atoms with Crippen LogP contribution in [0.2, 0.25) is 10.0 Å². The van der Waals surface area contributed by atoms with Crippen LogP contribution in [0.3, 0.4) is 0 Å². The van der Waals surface area contributed by atoms with Crippen LogP contribution in [0.1, 0.15) is 31.2 Å². The van der Waals surface area contributed by atoms with Gasteiger partial charge in [0, 0.05) is 22.9 Å². The average molecular weight is 273 g/mol. The van der Waals surface area contributed by atoms with E-state index in [1.165, 1.54) is 0 Å². The van der Waals surface area contributed by atoms with E-state index in [2.05, 4.69) is 0 Å². The van der Waals surface area contributed by atoms with Crippen LogP contribution < -0.4 is 0 Å². The minimum Gasteiger partial charge on any atom is -0.373 e. The zero-order valence-corrected chi connectivity index (χ0v) is 10.9. The monoisotopic (exact) mass is 272 g/mol. The molecule has 0 aromatic heterocycles. The number of rotatable bonds is 3. The van der Waals surface area contributed by atoms with Crippen molar-refractivity contribution in [3.05, 3.63) is 33.8 Å². The maximum Gasteiger partial charge on any atom is 0.133 e. The Morgan fingerprint density at radius 2 is 1.94 bits per heavy atom. The molecule has 0 amide bonds. The molecule has 0 unspecified atom stereocenters. The molecule has 4 heteroatoms. The molecule has 92 valence electrons. The fourth-order valence-corrected chi connectivity index (χ4v) is 2.39. The van der Waals surface area contributed by atoms with Crippen LogP contribution in [0.25, 0.3) is 0 Å². The first-order valence-corrected chi connectivity index (χ1v) is 6.48. The molecular weight excluding hydrogens is 259 g/mol. The second-order valence-electron chi connectivity index (χ2n) is 4.28. The zero-order chi connectivity index (χ0) is 12.3. The van der Waals surface area contributed by atoms with Crippen LogP contribution in [-0.2, 0) is 16.1 Å². The van der Waals surface area contributed by atoms with Crippen molar-refractivity contribution in [3.63, 3.8) is 0 Å². The Morgan fingerprint density at radius 1 is 1.24 bits per heavy atom. The molecule has 0 spiro atoms. The van der Waals surface area contributed by atoms with Gasteiger partial charge in [0.05, 0.1) is 12.7 Å². The highest BCUT2D eigenvalue weighted by Gasteiger charge is 2.19. The summed E-state index contributed by atoms with van der Waals surface area (Å²) < 4.78 is 5.76. The molecule has 0 saturated heterocycles. The van der Waals surface area contributed by atoms with Crippen molar-refractivity contribution in [1.82, 2.24) is 0 Å². The second-order valence-corrected chi connectivity index (χ2v) is 5.13. The van der Waals surface area contributed by atoms with Crippen molar-refractivity contribution in [2.24, 2.45) is 0 Å². The van der Waals surface area contributed by atoms with Gasteiger partial charge in [-0.3, -0.25) is 4.79 Å². The molecule has 1 aromatic rings. The van der Waals surface area contributed by atoms with E-state index in [-0.39, 0.29) is 6.10 Å². The Labute approximate surface area is 111 Å². The summed E-state index contributed by atoms with van der Waals surface area (Å²) in [5, 5.41) is 1.26. The van der Waals surface area contributed by atoms with Gasteiger partial charge >= 0.3 is 0 Å². The van der Waals surface area contributed by atoms with E-state index < -0.39 is 0 Å². The van der Waals surface area contributed by atoms with Crippen LogP contribution >= 0.6 is 23.2 Å². The molecule has 1 aliphatic rings. The highest BCUT2D eigenvalue weighted by Crippen LogP contribution is 2.24. The maximum absolute atomic E-state index is 11.1. The van der Waals surface area contributed by atoms with E-state index >= 15 is 0 Å². The number of carbonyl (C=O) groups is 1. The van der Waals surface area contributed by atoms with Gasteiger partial charge in [0.2, 0.25) is 0 Å². The third-order valence-electron chi connectivity index (χ3n) is 2.98. The smallest absolute Gasteiger partial charge is 0.133 e. The maximum atomic E-state index is 11.1. The summed E-state index contributed by atoms with van der Waals surface area (Å²) in [7, 11) is 0. The predicted molar refractivity (Wildman–Crippen MR) is 68.5 cm³/mol. The summed E-state index contributed by atoms with van der Waals surface area (Å²) in [5.74, 6) is 0.342. The average Bonchev–Trinajstić information content (AvgIpc) is 2.30. The van der Waals surface area contributed by atoms with Gasteiger partial charge in [0.25, 0.3) is 0 Å². The SMILES string of the molecule is O=C1CCC(OCc2ccc(Cl)cc2Cl)CC1. The van der Waals surface area contributed by atoms with E-state index in [0.717, 1.165) is 18.4 Å². The van der Waals surface area contributed by atoms with Gasteiger partial charge in [-0.2, -0.15) is 0 Å². The van der Waals surface area contributed by atoms with Crippen LogP contribution in [0.5, 0.6) is 0 Å². The lowest BCUT2D eigenvalue weighted by Gasteiger charge is -2.21. The lowest BCUT2D eigenvalue weighted by atomic mass is 9.96. The largest absolute Gasteiger partial charge is 0.373 e. The Hall–Kier alpha value is -0.570. The number of hydrogen-bond acceptors (Lipinski definition) is 2. The van der Waals surface area contributed by atoms with Gasteiger partial charge in [0.15, 0.2) is 0 Å². The molecule has 0 atom stereocenters. The van der Waals surface area contributed by atoms with Crippen molar-refractivity contribution in [3.8, 4) is 0 Å². The zero-order valence-electron chi connectivity index (χ0n) is 9.42. The number of ether oxygens (including phenoxy) is 1. The summed E-state index contributed by atoms with van der Waals surface area (Å²) in [6, 6.07) is 5.39. The van der Waals surface area contributed by atoms with Gasteiger partial charge < -0.3 is 4.74 Å². The quantitative estimate of drug-likeness (QED) is 0.831. The summed E-state index contributed by atoms with van der Waals surface area (Å²) >= 11 is 11.9. The second kappa shape index (κ2) is 5.85. The summed E-state index contributed by atoms with van der Waals surface area (Å²) in [6.45, 7) is 0.481. The van der Waals surface area contributed by atoms with E-state index in [1.807, 2.05) is 6.07 Å². The molecule has 0 radical (unpaired) electrons.